The Balaban J connectivity index is 2.60. The summed E-state index contributed by atoms with van der Waals surface area (Å²) >= 11 is 12.2. The summed E-state index contributed by atoms with van der Waals surface area (Å²) in [5, 5.41) is 1.50. The molecular formula is C14H12Cl2. The second-order valence-corrected chi connectivity index (χ2v) is 4.77. The number of hydrogen-bond acceptors (Lipinski definition) is 0. The largest absolute Gasteiger partial charge is 0.0843 e. The van der Waals surface area contributed by atoms with Crippen LogP contribution in [-0.4, -0.2) is 0 Å². The van der Waals surface area contributed by atoms with Crippen LogP contribution < -0.4 is 0 Å². The van der Waals surface area contributed by atoms with Crippen LogP contribution >= 0.6 is 23.2 Å². The molecule has 0 spiro atoms. The van der Waals surface area contributed by atoms with Gasteiger partial charge in [-0.05, 0) is 54.8 Å². The topological polar surface area (TPSA) is 0 Å². The van der Waals surface area contributed by atoms with Crippen LogP contribution in [0.3, 0.4) is 0 Å². The quantitative estimate of drug-likeness (QED) is 0.647. The fourth-order valence-corrected chi connectivity index (χ4v) is 2.18. The summed E-state index contributed by atoms with van der Waals surface area (Å²) in [5.74, 6) is 0. The average Bonchev–Trinajstić information content (AvgIpc) is 2.23. The Bertz CT molecular complexity index is 530. The van der Waals surface area contributed by atoms with Gasteiger partial charge in [-0.3, -0.25) is 0 Å². The lowest BCUT2D eigenvalue weighted by atomic mass is 10.0. The molecule has 2 aromatic rings. The molecule has 2 rings (SSSR count). The monoisotopic (exact) mass is 250 g/mol. The first-order chi connectivity index (χ1) is 7.58. The Kier molecular flexibility index (Phi) is 3.22. The van der Waals surface area contributed by atoms with Crippen LogP contribution in [0, 0.1) is 13.8 Å². The van der Waals surface area contributed by atoms with E-state index in [-0.39, 0.29) is 0 Å². The second-order valence-electron chi connectivity index (χ2n) is 3.93. The molecule has 0 saturated carbocycles. The minimum absolute atomic E-state index is 0.729. The van der Waals surface area contributed by atoms with E-state index in [0.717, 1.165) is 21.2 Å². The predicted octanol–water partition coefficient (Wildman–Crippen LogP) is 5.28. The van der Waals surface area contributed by atoms with Crippen LogP contribution in [0.4, 0.5) is 0 Å². The highest BCUT2D eigenvalue weighted by atomic mass is 35.5. The number of hydrogen-bond donors (Lipinski definition) is 0. The van der Waals surface area contributed by atoms with Gasteiger partial charge in [-0.25, -0.2) is 0 Å². The van der Waals surface area contributed by atoms with Crippen LogP contribution in [0.1, 0.15) is 11.1 Å². The maximum absolute atomic E-state index is 6.25. The summed E-state index contributed by atoms with van der Waals surface area (Å²) in [6, 6.07) is 11.8. The van der Waals surface area contributed by atoms with E-state index in [1.165, 1.54) is 11.1 Å². The summed E-state index contributed by atoms with van der Waals surface area (Å²) in [4.78, 5) is 0. The predicted molar refractivity (Wildman–Crippen MR) is 71.4 cm³/mol. The molecule has 0 radical (unpaired) electrons. The van der Waals surface area contributed by atoms with Gasteiger partial charge in [0.15, 0.2) is 0 Å². The van der Waals surface area contributed by atoms with E-state index in [1.807, 2.05) is 30.3 Å². The van der Waals surface area contributed by atoms with E-state index in [1.54, 1.807) is 0 Å². The number of rotatable bonds is 1. The van der Waals surface area contributed by atoms with Gasteiger partial charge in [0.1, 0.15) is 0 Å². The van der Waals surface area contributed by atoms with Crippen LogP contribution in [0.15, 0.2) is 36.4 Å². The molecule has 0 amide bonds. The maximum atomic E-state index is 6.25. The summed E-state index contributed by atoms with van der Waals surface area (Å²) in [6.45, 7) is 4.14. The molecule has 0 heterocycles. The Morgan fingerprint density at radius 2 is 1.56 bits per heavy atom. The van der Waals surface area contributed by atoms with Gasteiger partial charge in [-0.15, -0.1) is 0 Å². The molecular weight excluding hydrogens is 239 g/mol. The Morgan fingerprint density at radius 1 is 0.875 bits per heavy atom. The van der Waals surface area contributed by atoms with E-state index >= 15 is 0 Å². The highest BCUT2D eigenvalue weighted by Crippen LogP contribution is 2.31. The molecule has 0 fully saturated rings. The number of aryl methyl sites for hydroxylation is 2. The van der Waals surface area contributed by atoms with Crippen LogP contribution in [0.5, 0.6) is 0 Å². The SMILES string of the molecule is Cc1cc(Cl)c(-c2cccc(Cl)c2)cc1C. The summed E-state index contributed by atoms with van der Waals surface area (Å²) in [6.07, 6.45) is 0. The van der Waals surface area contributed by atoms with Gasteiger partial charge < -0.3 is 0 Å². The van der Waals surface area contributed by atoms with Crippen molar-refractivity contribution in [1.29, 1.82) is 0 Å². The van der Waals surface area contributed by atoms with E-state index in [2.05, 4.69) is 19.9 Å². The minimum Gasteiger partial charge on any atom is -0.0843 e. The van der Waals surface area contributed by atoms with Crippen LogP contribution in [0.2, 0.25) is 10.0 Å². The van der Waals surface area contributed by atoms with Crippen LogP contribution in [-0.2, 0) is 0 Å². The number of halogens is 2. The van der Waals surface area contributed by atoms with Gasteiger partial charge >= 0.3 is 0 Å². The lowest BCUT2D eigenvalue weighted by molar-refractivity contribution is 1.34. The van der Waals surface area contributed by atoms with Gasteiger partial charge in [0, 0.05) is 15.6 Å². The fraction of sp³-hybridized carbons (Fsp3) is 0.143. The molecule has 0 nitrogen and oxygen atoms in total. The van der Waals surface area contributed by atoms with Gasteiger partial charge in [0.25, 0.3) is 0 Å². The van der Waals surface area contributed by atoms with E-state index < -0.39 is 0 Å². The zero-order chi connectivity index (χ0) is 11.7. The van der Waals surface area contributed by atoms with Crippen molar-refractivity contribution in [1.82, 2.24) is 0 Å². The summed E-state index contributed by atoms with van der Waals surface area (Å²) < 4.78 is 0. The zero-order valence-corrected chi connectivity index (χ0v) is 10.7. The summed E-state index contributed by atoms with van der Waals surface area (Å²) in [5.41, 5.74) is 4.53. The molecule has 0 aromatic heterocycles. The maximum Gasteiger partial charge on any atom is 0.0487 e. The summed E-state index contributed by atoms with van der Waals surface area (Å²) in [7, 11) is 0. The van der Waals surface area contributed by atoms with Crippen molar-refractivity contribution in [3.05, 3.63) is 57.6 Å². The van der Waals surface area contributed by atoms with Crippen molar-refractivity contribution >= 4 is 23.2 Å². The lowest BCUT2D eigenvalue weighted by Gasteiger charge is -2.08. The molecule has 0 N–H and O–H groups in total. The lowest BCUT2D eigenvalue weighted by Crippen LogP contribution is -1.85. The van der Waals surface area contributed by atoms with Crippen molar-refractivity contribution in [2.75, 3.05) is 0 Å². The van der Waals surface area contributed by atoms with Gasteiger partial charge in [0.05, 0.1) is 0 Å². The molecule has 0 aliphatic heterocycles. The standard InChI is InChI=1S/C14H12Cl2/c1-9-6-13(14(16)7-10(9)2)11-4-3-5-12(15)8-11/h3-8H,1-2H3. The first-order valence-electron chi connectivity index (χ1n) is 5.10. The number of benzene rings is 2. The van der Waals surface area contributed by atoms with Crippen molar-refractivity contribution in [3.63, 3.8) is 0 Å². The molecule has 0 bridgehead atoms. The van der Waals surface area contributed by atoms with Crippen molar-refractivity contribution in [2.24, 2.45) is 0 Å². The van der Waals surface area contributed by atoms with Crippen LogP contribution in [0.25, 0.3) is 11.1 Å². The molecule has 0 aliphatic carbocycles. The van der Waals surface area contributed by atoms with E-state index in [0.29, 0.717) is 0 Å². The third-order valence-electron chi connectivity index (χ3n) is 2.72. The smallest absolute Gasteiger partial charge is 0.0487 e. The second kappa shape index (κ2) is 4.48. The first-order valence-corrected chi connectivity index (χ1v) is 5.86. The molecule has 0 atom stereocenters. The first kappa shape index (κ1) is 11.5. The van der Waals surface area contributed by atoms with Crippen molar-refractivity contribution in [3.8, 4) is 11.1 Å². The normalized spacial score (nSPS) is 10.5. The molecule has 16 heavy (non-hydrogen) atoms. The molecule has 2 aromatic carbocycles. The highest BCUT2D eigenvalue weighted by molar-refractivity contribution is 6.34. The van der Waals surface area contributed by atoms with Gasteiger partial charge in [0.2, 0.25) is 0 Å². The molecule has 0 unspecified atom stereocenters. The van der Waals surface area contributed by atoms with Gasteiger partial charge in [-0.2, -0.15) is 0 Å². The third kappa shape index (κ3) is 2.23. The molecule has 0 saturated heterocycles. The highest BCUT2D eigenvalue weighted by Gasteiger charge is 2.06. The van der Waals surface area contributed by atoms with Gasteiger partial charge in [-0.1, -0.05) is 35.3 Å². The van der Waals surface area contributed by atoms with Crippen molar-refractivity contribution < 1.29 is 0 Å². The fourth-order valence-electron chi connectivity index (χ4n) is 1.66. The third-order valence-corrected chi connectivity index (χ3v) is 3.27. The zero-order valence-electron chi connectivity index (χ0n) is 9.22. The Morgan fingerprint density at radius 3 is 2.25 bits per heavy atom. The Labute approximate surface area is 106 Å². The Hall–Kier alpha value is -0.980. The molecule has 0 aliphatic rings. The molecule has 82 valence electrons. The van der Waals surface area contributed by atoms with Crippen molar-refractivity contribution in [2.45, 2.75) is 13.8 Å². The van der Waals surface area contributed by atoms with E-state index in [4.69, 9.17) is 23.2 Å². The minimum atomic E-state index is 0.729. The average molecular weight is 251 g/mol. The van der Waals surface area contributed by atoms with E-state index in [9.17, 15) is 0 Å². The molecule has 2 heteroatoms.